The predicted molar refractivity (Wildman–Crippen MR) is 111 cm³/mol. The molecular formula is C21H24ClN3O3. The molecule has 0 aromatic heterocycles. The number of ether oxygens (including phenoxy) is 1. The van der Waals surface area contributed by atoms with Gasteiger partial charge in [-0.25, -0.2) is 4.79 Å². The molecule has 0 bridgehead atoms. The summed E-state index contributed by atoms with van der Waals surface area (Å²) in [6.45, 7) is 5.39. The average Bonchev–Trinajstić information content (AvgIpc) is 3.04. The van der Waals surface area contributed by atoms with Gasteiger partial charge in [-0.1, -0.05) is 11.6 Å². The first kappa shape index (κ1) is 20.0. The molecule has 1 aliphatic heterocycles. The molecular weight excluding hydrogens is 378 g/mol. The topological polar surface area (TPSA) is 61.9 Å². The standard InChI is InChI=1S/C21H24ClN3O3/c1-3-24(17-9-11-19(12-10-17)28-4-2)21(27)23-16-13-20(26)25(14-16)18-7-5-15(22)6-8-18/h5-12,16H,3-4,13-14H2,1-2H3,(H,23,27)/t16-/m0/s1. The zero-order valence-electron chi connectivity index (χ0n) is 16.0. The summed E-state index contributed by atoms with van der Waals surface area (Å²) in [7, 11) is 0. The van der Waals surface area contributed by atoms with Crippen LogP contribution in [0.2, 0.25) is 5.02 Å². The van der Waals surface area contributed by atoms with Crippen LogP contribution in [0.5, 0.6) is 5.75 Å². The molecule has 148 valence electrons. The molecule has 0 spiro atoms. The minimum absolute atomic E-state index is 0.0169. The fourth-order valence-corrected chi connectivity index (χ4v) is 3.39. The second-order valence-corrected chi connectivity index (χ2v) is 6.94. The van der Waals surface area contributed by atoms with E-state index in [9.17, 15) is 9.59 Å². The van der Waals surface area contributed by atoms with Crippen LogP contribution in [0.1, 0.15) is 20.3 Å². The first-order chi connectivity index (χ1) is 13.5. The smallest absolute Gasteiger partial charge is 0.322 e. The Labute approximate surface area is 170 Å². The number of nitrogens with one attached hydrogen (secondary N) is 1. The maximum absolute atomic E-state index is 12.8. The number of rotatable bonds is 6. The predicted octanol–water partition coefficient (Wildman–Crippen LogP) is 4.08. The number of nitrogens with zero attached hydrogens (tertiary/aromatic N) is 2. The van der Waals surface area contributed by atoms with Gasteiger partial charge in [-0.15, -0.1) is 0 Å². The third kappa shape index (κ3) is 4.57. The molecule has 1 saturated heterocycles. The Morgan fingerprint density at radius 3 is 2.46 bits per heavy atom. The zero-order chi connectivity index (χ0) is 20.1. The maximum atomic E-state index is 12.8. The van der Waals surface area contributed by atoms with Gasteiger partial charge >= 0.3 is 6.03 Å². The lowest BCUT2D eigenvalue weighted by Crippen LogP contribution is -2.46. The van der Waals surface area contributed by atoms with E-state index in [0.29, 0.717) is 24.7 Å². The monoisotopic (exact) mass is 401 g/mol. The first-order valence-electron chi connectivity index (χ1n) is 9.38. The van der Waals surface area contributed by atoms with E-state index in [1.807, 2.05) is 50.2 Å². The third-order valence-electron chi connectivity index (χ3n) is 4.61. The minimum atomic E-state index is -0.243. The lowest BCUT2D eigenvalue weighted by molar-refractivity contribution is -0.117. The molecule has 6 nitrogen and oxygen atoms in total. The molecule has 0 radical (unpaired) electrons. The molecule has 7 heteroatoms. The van der Waals surface area contributed by atoms with Crippen molar-refractivity contribution < 1.29 is 14.3 Å². The van der Waals surface area contributed by atoms with Crippen LogP contribution in [0, 0.1) is 0 Å². The van der Waals surface area contributed by atoms with Crippen LogP contribution in [0.3, 0.4) is 0 Å². The van der Waals surface area contributed by atoms with Crippen LogP contribution in [0.15, 0.2) is 48.5 Å². The average molecular weight is 402 g/mol. The largest absolute Gasteiger partial charge is 0.494 e. The van der Waals surface area contributed by atoms with Gasteiger partial charge in [0, 0.05) is 35.9 Å². The van der Waals surface area contributed by atoms with Crippen molar-refractivity contribution in [1.82, 2.24) is 5.32 Å². The number of anilines is 2. The van der Waals surface area contributed by atoms with Gasteiger partial charge in [0.05, 0.1) is 12.6 Å². The van der Waals surface area contributed by atoms with Crippen molar-refractivity contribution in [3.05, 3.63) is 53.6 Å². The third-order valence-corrected chi connectivity index (χ3v) is 4.86. The SMILES string of the molecule is CCOc1ccc(N(CC)C(=O)N[C@H]2CC(=O)N(c3ccc(Cl)cc3)C2)cc1. The van der Waals surface area contributed by atoms with E-state index < -0.39 is 0 Å². The van der Waals surface area contributed by atoms with Crippen molar-refractivity contribution in [2.45, 2.75) is 26.3 Å². The van der Waals surface area contributed by atoms with E-state index in [1.165, 1.54) is 0 Å². The minimum Gasteiger partial charge on any atom is -0.494 e. The molecule has 0 unspecified atom stereocenters. The van der Waals surface area contributed by atoms with Crippen LogP contribution < -0.4 is 19.9 Å². The highest BCUT2D eigenvalue weighted by atomic mass is 35.5. The fraction of sp³-hybridized carbons (Fsp3) is 0.333. The molecule has 1 heterocycles. The fourth-order valence-electron chi connectivity index (χ4n) is 3.26. The van der Waals surface area contributed by atoms with E-state index in [-0.39, 0.29) is 24.4 Å². The number of hydrogen-bond donors (Lipinski definition) is 1. The Hall–Kier alpha value is -2.73. The molecule has 1 aliphatic rings. The lowest BCUT2D eigenvalue weighted by atomic mass is 10.2. The second-order valence-electron chi connectivity index (χ2n) is 6.50. The van der Waals surface area contributed by atoms with Gasteiger partial charge < -0.3 is 15.0 Å². The van der Waals surface area contributed by atoms with Crippen molar-refractivity contribution in [1.29, 1.82) is 0 Å². The van der Waals surface area contributed by atoms with E-state index in [0.717, 1.165) is 17.1 Å². The number of carbonyl (C=O) groups is 2. The molecule has 28 heavy (non-hydrogen) atoms. The molecule has 0 aliphatic carbocycles. The first-order valence-corrected chi connectivity index (χ1v) is 9.76. The number of benzene rings is 2. The number of amides is 3. The molecule has 3 amide bonds. The highest BCUT2D eigenvalue weighted by Crippen LogP contribution is 2.24. The van der Waals surface area contributed by atoms with Gasteiger partial charge in [-0.2, -0.15) is 0 Å². The summed E-state index contributed by atoms with van der Waals surface area (Å²) < 4.78 is 5.44. The molecule has 2 aromatic carbocycles. The van der Waals surface area contributed by atoms with Gasteiger partial charge in [-0.3, -0.25) is 9.69 Å². The summed E-state index contributed by atoms with van der Waals surface area (Å²) in [5, 5.41) is 3.60. The summed E-state index contributed by atoms with van der Waals surface area (Å²) in [5.74, 6) is 0.749. The van der Waals surface area contributed by atoms with Crippen LogP contribution in [0.4, 0.5) is 16.2 Å². The van der Waals surface area contributed by atoms with Gasteiger partial charge in [0.25, 0.3) is 0 Å². The van der Waals surface area contributed by atoms with Gasteiger partial charge in [0.2, 0.25) is 5.91 Å². The number of carbonyl (C=O) groups excluding carboxylic acids is 2. The zero-order valence-corrected chi connectivity index (χ0v) is 16.8. The van der Waals surface area contributed by atoms with E-state index >= 15 is 0 Å². The normalized spacial score (nSPS) is 16.2. The van der Waals surface area contributed by atoms with Gasteiger partial charge in [0.1, 0.15) is 5.75 Å². The van der Waals surface area contributed by atoms with Crippen molar-refractivity contribution in [2.24, 2.45) is 0 Å². The van der Waals surface area contributed by atoms with Crippen LogP contribution in [0.25, 0.3) is 0 Å². The second kappa shape index (κ2) is 8.97. The molecule has 1 fully saturated rings. The number of halogens is 1. The summed E-state index contributed by atoms with van der Waals surface area (Å²) in [6, 6.07) is 14.1. The Balaban J connectivity index is 1.64. The summed E-state index contributed by atoms with van der Waals surface area (Å²) in [6.07, 6.45) is 0.273. The quantitative estimate of drug-likeness (QED) is 0.793. The number of hydrogen-bond acceptors (Lipinski definition) is 3. The van der Waals surface area contributed by atoms with E-state index in [4.69, 9.17) is 16.3 Å². The summed E-state index contributed by atoms with van der Waals surface area (Å²) in [4.78, 5) is 28.5. The van der Waals surface area contributed by atoms with Crippen LogP contribution >= 0.6 is 11.6 Å². The maximum Gasteiger partial charge on any atom is 0.322 e. The summed E-state index contributed by atoms with van der Waals surface area (Å²) in [5.41, 5.74) is 1.56. The van der Waals surface area contributed by atoms with Crippen LogP contribution in [-0.2, 0) is 4.79 Å². The van der Waals surface area contributed by atoms with Gasteiger partial charge in [0.15, 0.2) is 0 Å². The summed E-state index contributed by atoms with van der Waals surface area (Å²) >= 11 is 5.91. The Morgan fingerprint density at radius 2 is 1.86 bits per heavy atom. The molecule has 1 atom stereocenters. The highest BCUT2D eigenvalue weighted by Gasteiger charge is 2.32. The molecule has 0 saturated carbocycles. The van der Waals surface area contributed by atoms with Crippen molar-refractivity contribution in [3.8, 4) is 5.75 Å². The Bertz CT molecular complexity index is 824. The van der Waals surface area contributed by atoms with Gasteiger partial charge in [-0.05, 0) is 62.4 Å². The van der Waals surface area contributed by atoms with E-state index in [2.05, 4.69) is 5.32 Å². The van der Waals surface area contributed by atoms with Crippen LogP contribution in [-0.4, -0.2) is 37.7 Å². The molecule has 1 N–H and O–H groups in total. The molecule has 3 rings (SSSR count). The Morgan fingerprint density at radius 1 is 1.18 bits per heavy atom. The number of urea groups is 1. The Kier molecular flexibility index (Phi) is 6.41. The van der Waals surface area contributed by atoms with Crippen molar-refractivity contribution >= 4 is 34.9 Å². The lowest BCUT2D eigenvalue weighted by Gasteiger charge is -2.24. The van der Waals surface area contributed by atoms with Crippen molar-refractivity contribution in [3.63, 3.8) is 0 Å². The van der Waals surface area contributed by atoms with E-state index in [1.54, 1.807) is 21.9 Å². The highest BCUT2D eigenvalue weighted by molar-refractivity contribution is 6.30. The molecule has 2 aromatic rings. The van der Waals surface area contributed by atoms with Crippen molar-refractivity contribution in [2.75, 3.05) is 29.5 Å².